The van der Waals surface area contributed by atoms with E-state index in [0.717, 1.165) is 12.1 Å². The summed E-state index contributed by atoms with van der Waals surface area (Å²) in [5, 5.41) is 0. The van der Waals surface area contributed by atoms with Crippen LogP contribution in [0.15, 0.2) is 54.6 Å². The number of anilines is 1. The molecule has 5 nitrogen and oxygen atoms in total. The summed E-state index contributed by atoms with van der Waals surface area (Å²) in [6.45, 7) is 1.26. The first-order chi connectivity index (χ1) is 11.7. The summed E-state index contributed by atoms with van der Waals surface area (Å²) in [6, 6.07) is 16.6. The number of carbonyl (C=O) groups is 2. The molecular formula is C19H20N2O3. The summed E-state index contributed by atoms with van der Waals surface area (Å²) in [4.78, 5) is 28.7. The quantitative estimate of drug-likeness (QED) is 0.872. The van der Waals surface area contributed by atoms with Crippen molar-refractivity contribution in [2.24, 2.45) is 0 Å². The van der Waals surface area contributed by atoms with E-state index in [1.807, 2.05) is 30.3 Å². The maximum Gasteiger partial charge on any atom is 0.254 e. The van der Waals surface area contributed by atoms with Crippen LogP contribution in [0.2, 0.25) is 0 Å². The van der Waals surface area contributed by atoms with Gasteiger partial charge in [0.15, 0.2) is 0 Å². The van der Waals surface area contributed by atoms with Gasteiger partial charge in [0.1, 0.15) is 12.3 Å². The zero-order valence-electron chi connectivity index (χ0n) is 13.6. The van der Waals surface area contributed by atoms with Gasteiger partial charge in [-0.15, -0.1) is 0 Å². The van der Waals surface area contributed by atoms with E-state index in [9.17, 15) is 9.59 Å². The van der Waals surface area contributed by atoms with Crippen LogP contribution in [-0.2, 0) is 4.79 Å². The van der Waals surface area contributed by atoms with Crippen LogP contribution in [0.1, 0.15) is 16.8 Å². The second kappa shape index (κ2) is 7.17. The Balaban J connectivity index is 1.76. The number of ether oxygens (including phenoxy) is 1. The van der Waals surface area contributed by atoms with Gasteiger partial charge in [0.05, 0.1) is 7.11 Å². The minimum atomic E-state index is -0.142. The molecule has 5 heteroatoms. The van der Waals surface area contributed by atoms with Gasteiger partial charge in [0.2, 0.25) is 5.91 Å². The summed E-state index contributed by atoms with van der Waals surface area (Å²) in [6.07, 6.45) is 0.746. The minimum absolute atomic E-state index is 0.0602. The highest BCUT2D eigenvalue weighted by Crippen LogP contribution is 2.19. The second-order valence-corrected chi connectivity index (χ2v) is 5.69. The smallest absolute Gasteiger partial charge is 0.254 e. The lowest BCUT2D eigenvalue weighted by Crippen LogP contribution is -2.39. The zero-order valence-corrected chi connectivity index (χ0v) is 13.6. The zero-order chi connectivity index (χ0) is 16.9. The molecule has 0 radical (unpaired) electrons. The molecule has 0 spiro atoms. The minimum Gasteiger partial charge on any atom is -0.497 e. The molecule has 2 aromatic carbocycles. The molecule has 0 bridgehead atoms. The number of rotatable bonds is 3. The standard InChI is InChI=1S/C19H20N2O3/c1-24-17-10-5-7-15(13-17)19(23)20-11-6-12-21(18(22)14-20)16-8-3-2-4-9-16/h2-5,7-10,13H,6,11-12,14H2,1H3. The number of hydrogen-bond donors (Lipinski definition) is 0. The van der Waals surface area contributed by atoms with Crippen molar-refractivity contribution < 1.29 is 14.3 Å². The monoisotopic (exact) mass is 324 g/mol. The van der Waals surface area contributed by atoms with Gasteiger partial charge in [0, 0.05) is 24.3 Å². The van der Waals surface area contributed by atoms with Crippen LogP contribution in [0.25, 0.3) is 0 Å². The van der Waals surface area contributed by atoms with Crippen LogP contribution in [0, 0.1) is 0 Å². The normalized spacial score (nSPS) is 15.1. The Hall–Kier alpha value is -2.82. The average molecular weight is 324 g/mol. The van der Waals surface area contributed by atoms with Crippen molar-refractivity contribution >= 4 is 17.5 Å². The third kappa shape index (κ3) is 3.40. The molecule has 1 fully saturated rings. The Morgan fingerprint density at radius 1 is 1.04 bits per heavy atom. The molecule has 124 valence electrons. The van der Waals surface area contributed by atoms with Crippen molar-refractivity contribution in [3.05, 3.63) is 60.2 Å². The van der Waals surface area contributed by atoms with Gasteiger partial charge in [-0.3, -0.25) is 9.59 Å². The van der Waals surface area contributed by atoms with Gasteiger partial charge in [-0.1, -0.05) is 24.3 Å². The van der Waals surface area contributed by atoms with Crippen molar-refractivity contribution in [3.63, 3.8) is 0 Å². The third-order valence-electron chi connectivity index (χ3n) is 4.11. The first-order valence-corrected chi connectivity index (χ1v) is 7.98. The summed E-state index contributed by atoms with van der Waals surface area (Å²) in [7, 11) is 1.57. The van der Waals surface area contributed by atoms with Gasteiger partial charge < -0.3 is 14.5 Å². The van der Waals surface area contributed by atoms with E-state index in [4.69, 9.17) is 4.74 Å². The van der Waals surface area contributed by atoms with Crippen LogP contribution in [-0.4, -0.2) is 43.5 Å². The molecule has 0 atom stereocenters. The van der Waals surface area contributed by atoms with Crippen LogP contribution in [0.5, 0.6) is 5.75 Å². The molecule has 0 saturated carbocycles. The van der Waals surface area contributed by atoms with Crippen LogP contribution in [0.4, 0.5) is 5.69 Å². The van der Waals surface area contributed by atoms with Crippen molar-refractivity contribution in [2.75, 3.05) is 31.6 Å². The highest BCUT2D eigenvalue weighted by Gasteiger charge is 2.26. The lowest BCUT2D eigenvalue weighted by Gasteiger charge is -2.22. The molecule has 0 aromatic heterocycles. The fraction of sp³-hybridized carbons (Fsp3) is 0.263. The highest BCUT2D eigenvalue weighted by atomic mass is 16.5. The van der Waals surface area contributed by atoms with E-state index in [2.05, 4.69) is 0 Å². The van der Waals surface area contributed by atoms with E-state index in [1.54, 1.807) is 41.2 Å². The fourth-order valence-corrected chi connectivity index (χ4v) is 2.87. The summed E-state index contributed by atoms with van der Waals surface area (Å²) in [5.74, 6) is 0.431. The van der Waals surface area contributed by atoms with Gasteiger partial charge >= 0.3 is 0 Å². The second-order valence-electron chi connectivity index (χ2n) is 5.69. The molecule has 2 amide bonds. The Kier molecular flexibility index (Phi) is 4.79. The summed E-state index contributed by atoms with van der Waals surface area (Å²) in [5.41, 5.74) is 1.41. The molecule has 1 aliphatic rings. The third-order valence-corrected chi connectivity index (χ3v) is 4.11. The van der Waals surface area contributed by atoms with Crippen LogP contribution >= 0.6 is 0 Å². The molecule has 24 heavy (non-hydrogen) atoms. The number of benzene rings is 2. The largest absolute Gasteiger partial charge is 0.497 e. The number of amides is 2. The van der Waals surface area contributed by atoms with Crippen molar-refractivity contribution in [3.8, 4) is 5.75 Å². The van der Waals surface area contributed by atoms with Crippen molar-refractivity contribution in [1.29, 1.82) is 0 Å². The Morgan fingerprint density at radius 2 is 1.83 bits per heavy atom. The number of methoxy groups -OCH3 is 1. The Labute approximate surface area is 141 Å². The van der Waals surface area contributed by atoms with E-state index in [1.165, 1.54) is 0 Å². The predicted molar refractivity (Wildman–Crippen MR) is 92.3 cm³/mol. The average Bonchev–Trinajstić information content (AvgIpc) is 2.83. The number of hydrogen-bond acceptors (Lipinski definition) is 3. The predicted octanol–water partition coefficient (Wildman–Crippen LogP) is 2.57. The molecule has 0 aliphatic carbocycles. The summed E-state index contributed by atoms with van der Waals surface area (Å²) < 4.78 is 5.17. The number of nitrogens with zero attached hydrogens (tertiary/aromatic N) is 2. The molecule has 1 heterocycles. The number of para-hydroxylation sites is 1. The molecule has 1 saturated heterocycles. The first-order valence-electron chi connectivity index (χ1n) is 7.98. The van der Waals surface area contributed by atoms with Crippen molar-refractivity contribution in [1.82, 2.24) is 4.90 Å². The molecule has 2 aromatic rings. The molecule has 1 aliphatic heterocycles. The Bertz CT molecular complexity index is 730. The van der Waals surface area contributed by atoms with E-state index in [-0.39, 0.29) is 18.4 Å². The Morgan fingerprint density at radius 3 is 2.58 bits per heavy atom. The molecule has 0 N–H and O–H groups in total. The van der Waals surface area contributed by atoms with Crippen molar-refractivity contribution in [2.45, 2.75) is 6.42 Å². The number of carbonyl (C=O) groups excluding carboxylic acids is 2. The van der Waals surface area contributed by atoms with Gasteiger partial charge in [-0.25, -0.2) is 0 Å². The highest BCUT2D eigenvalue weighted by molar-refractivity contribution is 6.01. The van der Waals surface area contributed by atoms with Crippen LogP contribution < -0.4 is 9.64 Å². The molecule has 3 rings (SSSR count). The summed E-state index contributed by atoms with van der Waals surface area (Å²) >= 11 is 0. The van der Waals surface area contributed by atoms with Gasteiger partial charge in [-0.2, -0.15) is 0 Å². The topological polar surface area (TPSA) is 49.9 Å². The van der Waals surface area contributed by atoms with E-state index in [0.29, 0.717) is 24.4 Å². The molecular weight excluding hydrogens is 304 g/mol. The lowest BCUT2D eigenvalue weighted by molar-refractivity contribution is -0.118. The fourth-order valence-electron chi connectivity index (χ4n) is 2.87. The van der Waals surface area contributed by atoms with E-state index < -0.39 is 0 Å². The van der Waals surface area contributed by atoms with Crippen LogP contribution in [0.3, 0.4) is 0 Å². The molecule has 0 unspecified atom stereocenters. The maximum atomic E-state index is 12.7. The SMILES string of the molecule is COc1cccc(C(=O)N2CCCN(c3ccccc3)C(=O)C2)c1. The van der Waals surface area contributed by atoms with Gasteiger partial charge in [0.25, 0.3) is 5.91 Å². The maximum absolute atomic E-state index is 12.7. The van der Waals surface area contributed by atoms with E-state index >= 15 is 0 Å². The first kappa shape index (κ1) is 16.1. The van der Waals surface area contributed by atoms with Gasteiger partial charge in [-0.05, 0) is 36.8 Å². The lowest BCUT2D eigenvalue weighted by atomic mass is 10.2.